The molecular formula is C21H16ClFN2O2S. The molecule has 0 spiro atoms. The molecule has 2 amide bonds. The van der Waals surface area contributed by atoms with Gasteiger partial charge >= 0.3 is 0 Å². The monoisotopic (exact) mass is 414 g/mol. The van der Waals surface area contributed by atoms with Crippen LogP contribution in [0.1, 0.15) is 23.6 Å². The van der Waals surface area contributed by atoms with Crippen molar-refractivity contribution in [2.75, 3.05) is 0 Å². The van der Waals surface area contributed by atoms with E-state index in [0.717, 1.165) is 40.2 Å². The maximum atomic E-state index is 14.3. The van der Waals surface area contributed by atoms with Crippen molar-refractivity contribution in [3.63, 3.8) is 0 Å². The van der Waals surface area contributed by atoms with Gasteiger partial charge in [-0.1, -0.05) is 42.8 Å². The molecule has 4 rings (SSSR count). The van der Waals surface area contributed by atoms with Crippen LogP contribution in [0.15, 0.2) is 47.5 Å². The molecule has 1 aliphatic heterocycles. The number of carbonyl (C=O) groups is 2. The second kappa shape index (κ2) is 7.45. The fraction of sp³-hybridized carbons (Fsp3) is 0.143. The van der Waals surface area contributed by atoms with Crippen LogP contribution in [0.4, 0.5) is 9.18 Å². The van der Waals surface area contributed by atoms with Crippen LogP contribution in [0.2, 0.25) is 5.02 Å². The van der Waals surface area contributed by atoms with Crippen molar-refractivity contribution in [2.45, 2.75) is 19.9 Å². The molecule has 2 aromatic carbocycles. The zero-order valence-corrected chi connectivity index (χ0v) is 16.5. The fourth-order valence-corrected chi connectivity index (χ4v) is 4.30. The van der Waals surface area contributed by atoms with Gasteiger partial charge in [0, 0.05) is 27.7 Å². The van der Waals surface area contributed by atoms with Crippen LogP contribution in [0.5, 0.6) is 0 Å². The molecule has 2 heterocycles. The van der Waals surface area contributed by atoms with Crippen LogP contribution < -0.4 is 5.32 Å². The number of halogens is 2. The van der Waals surface area contributed by atoms with Crippen molar-refractivity contribution in [2.24, 2.45) is 0 Å². The summed E-state index contributed by atoms with van der Waals surface area (Å²) in [7, 11) is 0. The predicted octanol–water partition coefficient (Wildman–Crippen LogP) is 5.37. The van der Waals surface area contributed by atoms with Gasteiger partial charge in [0.2, 0.25) is 0 Å². The van der Waals surface area contributed by atoms with Gasteiger partial charge in [-0.25, -0.2) is 4.39 Å². The maximum Gasteiger partial charge on any atom is 0.290 e. The average molecular weight is 415 g/mol. The first-order chi connectivity index (χ1) is 13.5. The van der Waals surface area contributed by atoms with Crippen LogP contribution in [-0.2, 0) is 17.8 Å². The number of benzene rings is 2. The van der Waals surface area contributed by atoms with E-state index in [9.17, 15) is 14.0 Å². The van der Waals surface area contributed by atoms with Crippen LogP contribution >= 0.6 is 23.4 Å². The Bertz CT molecular complexity index is 1130. The number of aromatic nitrogens is 1. The van der Waals surface area contributed by atoms with E-state index in [1.807, 2.05) is 29.0 Å². The molecule has 0 unspecified atom stereocenters. The maximum absolute atomic E-state index is 14.3. The highest BCUT2D eigenvalue weighted by Crippen LogP contribution is 2.32. The summed E-state index contributed by atoms with van der Waals surface area (Å²) in [5.74, 6) is -0.765. The topological polar surface area (TPSA) is 51.1 Å². The Morgan fingerprint density at radius 1 is 1.21 bits per heavy atom. The first-order valence-corrected chi connectivity index (χ1v) is 9.96. The molecule has 0 saturated carbocycles. The van der Waals surface area contributed by atoms with Gasteiger partial charge < -0.3 is 4.57 Å². The average Bonchev–Trinajstić information content (AvgIpc) is 3.18. The second-order valence-electron chi connectivity index (χ2n) is 6.43. The number of thioether (sulfide) groups is 1. The lowest BCUT2D eigenvalue weighted by Crippen LogP contribution is -2.17. The number of rotatable bonds is 4. The summed E-state index contributed by atoms with van der Waals surface area (Å²) in [5.41, 5.74) is 3.28. The number of carbonyl (C=O) groups excluding carboxylic acids is 2. The van der Waals surface area contributed by atoms with Crippen molar-refractivity contribution >= 4 is 51.5 Å². The third-order valence-corrected chi connectivity index (χ3v) is 5.88. The molecule has 1 fully saturated rings. The number of imide groups is 1. The Labute approximate surface area is 170 Å². The third-order valence-electron chi connectivity index (χ3n) is 4.71. The number of nitrogens with zero attached hydrogens (tertiary/aromatic N) is 1. The number of hydrogen-bond donors (Lipinski definition) is 1. The van der Waals surface area contributed by atoms with Crippen LogP contribution in [-0.4, -0.2) is 15.7 Å². The van der Waals surface area contributed by atoms with Crippen molar-refractivity contribution in [1.82, 2.24) is 9.88 Å². The second-order valence-corrected chi connectivity index (χ2v) is 7.85. The summed E-state index contributed by atoms with van der Waals surface area (Å²) in [6, 6.07) is 10.6. The summed E-state index contributed by atoms with van der Waals surface area (Å²) in [6.07, 6.45) is 4.37. The van der Waals surface area contributed by atoms with E-state index < -0.39 is 5.91 Å². The lowest BCUT2D eigenvalue weighted by Gasteiger charge is -2.11. The molecule has 0 radical (unpaired) electrons. The van der Waals surface area contributed by atoms with E-state index in [-0.39, 0.29) is 17.6 Å². The summed E-state index contributed by atoms with van der Waals surface area (Å²) in [5, 5.41) is 3.18. The Morgan fingerprint density at radius 2 is 2.00 bits per heavy atom. The Balaban J connectivity index is 1.88. The van der Waals surface area contributed by atoms with Crippen LogP contribution in [0, 0.1) is 5.82 Å². The number of para-hydroxylation sites is 1. The van der Waals surface area contributed by atoms with Crippen molar-refractivity contribution in [3.05, 3.63) is 75.0 Å². The third kappa shape index (κ3) is 3.34. The summed E-state index contributed by atoms with van der Waals surface area (Å²) in [6.45, 7) is 2.32. The minimum atomic E-state index is -0.403. The normalized spacial score (nSPS) is 15.6. The highest BCUT2D eigenvalue weighted by Gasteiger charge is 2.25. The van der Waals surface area contributed by atoms with E-state index in [0.29, 0.717) is 15.5 Å². The SMILES string of the molecule is CCc1cccc2c(/C=C3\SC(=O)NC3=O)cn(Cc3c(F)cccc3Cl)c12. The van der Waals surface area contributed by atoms with Gasteiger partial charge in [-0.15, -0.1) is 0 Å². The molecule has 142 valence electrons. The molecular weight excluding hydrogens is 399 g/mol. The lowest BCUT2D eigenvalue weighted by molar-refractivity contribution is -0.115. The highest BCUT2D eigenvalue weighted by molar-refractivity contribution is 8.18. The molecule has 4 nitrogen and oxygen atoms in total. The molecule has 1 N–H and O–H groups in total. The van der Waals surface area contributed by atoms with Gasteiger partial charge in [0.15, 0.2) is 0 Å². The van der Waals surface area contributed by atoms with E-state index >= 15 is 0 Å². The Hall–Kier alpha value is -2.57. The van der Waals surface area contributed by atoms with Gasteiger partial charge in [-0.3, -0.25) is 14.9 Å². The number of nitrogens with one attached hydrogen (secondary N) is 1. The summed E-state index contributed by atoms with van der Waals surface area (Å²) >= 11 is 7.10. The van der Waals surface area contributed by atoms with Crippen molar-refractivity contribution in [1.29, 1.82) is 0 Å². The van der Waals surface area contributed by atoms with Crippen molar-refractivity contribution < 1.29 is 14.0 Å². The molecule has 28 heavy (non-hydrogen) atoms. The summed E-state index contributed by atoms with van der Waals surface area (Å²) < 4.78 is 16.3. The molecule has 0 bridgehead atoms. The Kier molecular flexibility index (Phi) is 5.00. The molecule has 0 aliphatic carbocycles. The van der Waals surface area contributed by atoms with Gasteiger partial charge in [0.05, 0.1) is 17.0 Å². The molecule has 1 aliphatic rings. The van der Waals surface area contributed by atoms with Crippen LogP contribution in [0.3, 0.4) is 0 Å². The number of fused-ring (bicyclic) bond motifs is 1. The number of hydrogen-bond acceptors (Lipinski definition) is 3. The molecule has 0 atom stereocenters. The van der Waals surface area contributed by atoms with E-state index in [4.69, 9.17) is 11.6 Å². The Morgan fingerprint density at radius 3 is 2.68 bits per heavy atom. The van der Waals surface area contributed by atoms with E-state index in [1.165, 1.54) is 6.07 Å². The molecule has 7 heteroatoms. The highest BCUT2D eigenvalue weighted by atomic mass is 35.5. The first kappa shape index (κ1) is 18.8. The summed E-state index contributed by atoms with van der Waals surface area (Å²) in [4.78, 5) is 23.8. The minimum Gasteiger partial charge on any atom is -0.342 e. The van der Waals surface area contributed by atoms with Gasteiger partial charge in [0.25, 0.3) is 11.1 Å². The van der Waals surface area contributed by atoms with Crippen LogP contribution in [0.25, 0.3) is 17.0 Å². The molecule has 1 saturated heterocycles. The quantitative estimate of drug-likeness (QED) is 0.584. The van der Waals surface area contributed by atoms with E-state index in [1.54, 1.807) is 18.2 Å². The zero-order valence-electron chi connectivity index (χ0n) is 15.0. The lowest BCUT2D eigenvalue weighted by atomic mass is 10.1. The molecule has 1 aromatic heterocycles. The number of aryl methyl sites for hydroxylation is 1. The van der Waals surface area contributed by atoms with Gasteiger partial charge in [0.1, 0.15) is 5.82 Å². The minimum absolute atomic E-state index is 0.264. The fourth-order valence-electron chi connectivity index (χ4n) is 3.41. The zero-order chi connectivity index (χ0) is 19.8. The van der Waals surface area contributed by atoms with Crippen molar-refractivity contribution in [3.8, 4) is 0 Å². The molecule has 3 aromatic rings. The number of amides is 2. The first-order valence-electron chi connectivity index (χ1n) is 8.76. The largest absolute Gasteiger partial charge is 0.342 e. The predicted molar refractivity (Wildman–Crippen MR) is 111 cm³/mol. The van der Waals surface area contributed by atoms with E-state index in [2.05, 4.69) is 12.2 Å². The van der Waals surface area contributed by atoms with Gasteiger partial charge in [-0.2, -0.15) is 0 Å². The smallest absolute Gasteiger partial charge is 0.290 e. The standard InChI is InChI=1S/C21H16ClFN2O2S/c1-2-12-5-3-6-14-13(9-18-20(26)24-21(27)28-18)10-25(19(12)14)11-15-16(22)7-4-8-17(15)23/h3-10H,2,11H2,1H3,(H,24,26,27)/b18-9-. The van der Waals surface area contributed by atoms with Gasteiger partial charge in [-0.05, 0) is 42.0 Å².